The molecule has 0 aliphatic carbocycles. The first kappa shape index (κ1) is 23.5. The number of fused-ring (bicyclic) bond motifs is 3. The SMILES string of the molecule is C=C(C)[C@@H]1CCC2=C[C@@H](OC2=O)[C@@H](C(=C)C)c2cc(C)c(o2)[C@H]1OC(=O)c1ccc(I)cc1. The van der Waals surface area contributed by atoms with E-state index in [2.05, 4.69) is 35.7 Å². The van der Waals surface area contributed by atoms with Crippen molar-refractivity contribution in [2.45, 2.75) is 51.7 Å². The third-order valence-corrected chi connectivity index (χ3v) is 7.03. The minimum atomic E-state index is -0.665. The zero-order valence-electron chi connectivity index (χ0n) is 19.0. The van der Waals surface area contributed by atoms with Crippen molar-refractivity contribution in [3.05, 3.63) is 92.5 Å². The molecule has 1 aromatic heterocycles. The summed E-state index contributed by atoms with van der Waals surface area (Å²) in [5.74, 6) is -0.0488. The van der Waals surface area contributed by atoms with Gasteiger partial charge in [0.1, 0.15) is 17.6 Å². The molecule has 2 aliphatic heterocycles. The Bertz CT molecular complexity index is 1150. The van der Waals surface area contributed by atoms with Gasteiger partial charge < -0.3 is 13.9 Å². The maximum absolute atomic E-state index is 13.1. The van der Waals surface area contributed by atoms with Crippen LogP contribution < -0.4 is 0 Å². The second-order valence-corrected chi connectivity index (χ2v) is 10.2. The molecule has 0 amide bonds. The first-order valence-electron chi connectivity index (χ1n) is 10.9. The van der Waals surface area contributed by atoms with Crippen molar-refractivity contribution in [3.8, 4) is 0 Å². The maximum atomic E-state index is 13.1. The van der Waals surface area contributed by atoms with Gasteiger partial charge in [0.05, 0.1) is 11.5 Å². The van der Waals surface area contributed by atoms with E-state index in [1.54, 1.807) is 12.1 Å². The van der Waals surface area contributed by atoms with Crippen LogP contribution in [0.4, 0.5) is 0 Å². The van der Waals surface area contributed by atoms with E-state index in [9.17, 15) is 9.59 Å². The summed E-state index contributed by atoms with van der Waals surface area (Å²) >= 11 is 2.20. The summed E-state index contributed by atoms with van der Waals surface area (Å²) in [6.07, 6.45) is 1.83. The number of esters is 2. The lowest BCUT2D eigenvalue weighted by Crippen LogP contribution is -2.22. The molecule has 0 radical (unpaired) electrons. The highest BCUT2D eigenvalue weighted by Gasteiger charge is 2.39. The first-order valence-corrected chi connectivity index (χ1v) is 12.0. The Balaban J connectivity index is 1.79. The fraction of sp³-hybridized carbons (Fsp3) is 0.333. The third kappa shape index (κ3) is 4.71. The topological polar surface area (TPSA) is 65.7 Å². The molecule has 3 heterocycles. The Morgan fingerprint density at radius 1 is 1.15 bits per heavy atom. The van der Waals surface area contributed by atoms with E-state index in [1.165, 1.54) is 0 Å². The third-order valence-electron chi connectivity index (χ3n) is 6.31. The normalized spacial score (nSPS) is 24.4. The molecular weight excluding hydrogens is 531 g/mol. The zero-order chi connectivity index (χ0) is 23.9. The van der Waals surface area contributed by atoms with Crippen LogP contribution in [0.5, 0.6) is 0 Å². The van der Waals surface area contributed by atoms with Crippen molar-refractivity contribution < 1.29 is 23.5 Å². The minimum absolute atomic E-state index is 0.232. The smallest absolute Gasteiger partial charge is 0.338 e. The summed E-state index contributed by atoms with van der Waals surface area (Å²) in [6, 6.07) is 9.17. The molecule has 2 aromatic rings. The highest BCUT2D eigenvalue weighted by atomic mass is 127. The van der Waals surface area contributed by atoms with E-state index in [1.807, 2.05) is 45.0 Å². The van der Waals surface area contributed by atoms with Crippen molar-refractivity contribution in [1.82, 2.24) is 0 Å². The molecule has 0 N–H and O–H groups in total. The summed E-state index contributed by atoms with van der Waals surface area (Å²) in [5.41, 5.74) is 3.65. The average Bonchev–Trinajstić information content (AvgIpc) is 3.28. The number of aryl methyl sites for hydroxylation is 1. The molecule has 5 nitrogen and oxygen atoms in total. The largest absolute Gasteiger partial charge is 0.461 e. The van der Waals surface area contributed by atoms with Gasteiger partial charge in [-0.05, 0) is 98.2 Å². The van der Waals surface area contributed by atoms with Gasteiger partial charge in [0, 0.05) is 15.1 Å². The number of hydrogen-bond acceptors (Lipinski definition) is 5. The van der Waals surface area contributed by atoms with Crippen LogP contribution in [-0.2, 0) is 14.3 Å². The lowest BCUT2D eigenvalue weighted by Gasteiger charge is -2.27. The molecular formula is C27H27IO5. The van der Waals surface area contributed by atoms with Crippen LogP contribution in [0.15, 0.2) is 70.7 Å². The van der Waals surface area contributed by atoms with Crippen LogP contribution >= 0.6 is 22.6 Å². The zero-order valence-corrected chi connectivity index (χ0v) is 21.2. The molecule has 0 saturated heterocycles. The number of carbonyl (C=O) groups is 2. The van der Waals surface area contributed by atoms with Crippen LogP contribution in [-0.4, -0.2) is 18.0 Å². The van der Waals surface area contributed by atoms with Crippen molar-refractivity contribution in [2.75, 3.05) is 0 Å². The van der Waals surface area contributed by atoms with Gasteiger partial charge in [-0.25, -0.2) is 9.59 Å². The van der Waals surface area contributed by atoms with Crippen molar-refractivity contribution in [3.63, 3.8) is 0 Å². The van der Waals surface area contributed by atoms with Gasteiger partial charge in [0.15, 0.2) is 6.10 Å². The lowest BCUT2D eigenvalue weighted by atomic mass is 9.86. The minimum Gasteiger partial charge on any atom is -0.461 e. The molecule has 0 fully saturated rings. The predicted molar refractivity (Wildman–Crippen MR) is 134 cm³/mol. The van der Waals surface area contributed by atoms with Gasteiger partial charge in [-0.3, -0.25) is 0 Å². The predicted octanol–water partition coefficient (Wildman–Crippen LogP) is 6.59. The van der Waals surface area contributed by atoms with Crippen LogP contribution in [0.25, 0.3) is 0 Å². The van der Waals surface area contributed by atoms with Crippen molar-refractivity contribution in [1.29, 1.82) is 0 Å². The van der Waals surface area contributed by atoms with Gasteiger partial charge in [0.25, 0.3) is 0 Å². The van der Waals surface area contributed by atoms with Crippen molar-refractivity contribution >= 4 is 34.5 Å². The fourth-order valence-corrected chi connectivity index (χ4v) is 4.91. The molecule has 2 aliphatic rings. The Morgan fingerprint density at radius 2 is 1.85 bits per heavy atom. The first-order chi connectivity index (χ1) is 15.7. The highest BCUT2D eigenvalue weighted by molar-refractivity contribution is 14.1. The summed E-state index contributed by atoms with van der Waals surface area (Å²) in [4.78, 5) is 25.7. The van der Waals surface area contributed by atoms with Gasteiger partial charge >= 0.3 is 11.9 Å². The number of benzene rings is 1. The van der Waals surface area contributed by atoms with Crippen LogP contribution in [0, 0.1) is 16.4 Å². The molecule has 4 bridgehead atoms. The molecule has 0 spiro atoms. The molecule has 4 atom stereocenters. The molecule has 0 unspecified atom stereocenters. The Labute approximate surface area is 207 Å². The van der Waals surface area contributed by atoms with E-state index in [0.29, 0.717) is 35.5 Å². The van der Waals surface area contributed by atoms with Gasteiger partial charge in [-0.2, -0.15) is 0 Å². The number of halogens is 1. The summed E-state index contributed by atoms with van der Waals surface area (Å²) < 4.78 is 19.1. The molecule has 0 saturated carbocycles. The Kier molecular flexibility index (Phi) is 6.66. The number of ether oxygens (including phenoxy) is 2. The van der Waals surface area contributed by atoms with Gasteiger partial charge in [-0.15, -0.1) is 0 Å². The van der Waals surface area contributed by atoms with E-state index in [-0.39, 0.29) is 17.8 Å². The summed E-state index contributed by atoms with van der Waals surface area (Å²) in [5, 5.41) is 0. The van der Waals surface area contributed by atoms with Gasteiger partial charge in [-0.1, -0.05) is 24.3 Å². The number of carbonyl (C=O) groups excluding carboxylic acids is 2. The molecule has 33 heavy (non-hydrogen) atoms. The van der Waals surface area contributed by atoms with E-state index < -0.39 is 18.2 Å². The van der Waals surface area contributed by atoms with E-state index in [4.69, 9.17) is 13.9 Å². The van der Waals surface area contributed by atoms with Crippen molar-refractivity contribution in [2.24, 2.45) is 5.92 Å². The quantitative estimate of drug-likeness (QED) is 0.241. The molecule has 1 aromatic carbocycles. The average molecular weight is 558 g/mol. The van der Waals surface area contributed by atoms with Crippen LogP contribution in [0.1, 0.15) is 66.2 Å². The number of rotatable bonds is 4. The molecule has 4 rings (SSSR count). The lowest BCUT2D eigenvalue weighted by molar-refractivity contribution is -0.140. The van der Waals surface area contributed by atoms with Gasteiger partial charge in [0.2, 0.25) is 0 Å². The maximum Gasteiger partial charge on any atom is 0.338 e. The summed E-state index contributed by atoms with van der Waals surface area (Å²) in [6.45, 7) is 14.0. The standard InChI is InChI=1S/C27H27IO5/c1-14(2)20-11-8-18-13-22(32-27(18)30)23(15(3)4)21-12-16(5)24(31-21)25(20)33-26(29)17-6-9-19(28)10-7-17/h6-7,9-10,12-13,20,22-23,25H,1,3,8,11H2,2,4-5H3/t20-,22+,23-,25-/m0/s1. The van der Waals surface area contributed by atoms with E-state index in [0.717, 1.165) is 20.3 Å². The Morgan fingerprint density at radius 3 is 2.48 bits per heavy atom. The monoisotopic (exact) mass is 558 g/mol. The second kappa shape index (κ2) is 9.33. The van der Waals surface area contributed by atoms with Crippen LogP contribution in [0.2, 0.25) is 0 Å². The number of hydrogen-bond donors (Lipinski definition) is 0. The summed E-state index contributed by atoms with van der Waals surface area (Å²) in [7, 11) is 0. The van der Waals surface area contributed by atoms with Crippen LogP contribution in [0.3, 0.4) is 0 Å². The molecule has 172 valence electrons. The second-order valence-electron chi connectivity index (χ2n) is 8.91. The number of furan rings is 1. The van der Waals surface area contributed by atoms with E-state index >= 15 is 0 Å². The Hall–Kier alpha value is -2.61. The molecule has 6 heteroatoms. The highest BCUT2D eigenvalue weighted by Crippen LogP contribution is 2.43. The fourth-order valence-electron chi connectivity index (χ4n) is 4.55.